The molecule has 0 aromatic carbocycles. The van der Waals surface area contributed by atoms with Crippen LogP contribution in [-0.2, 0) is 17.9 Å². The topological polar surface area (TPSA) is 34.1 Å². The van der Waals surface area contributed by atoms with Crippen molar-refractivity contribution in [2.75, 3.05) is 6.61 Å². The number of ether oxygens (including phenoxy) is 1. The van der Waals surface area contributed by atoms with Crippen LogP contribution in [0.15, 0.2) is 5.38 Å². The molecule has 0 atom stereocenters. The lowest BCUT2D eigenvalue weighted by molar-refractivity contribution is 0.114. The summed E-state index contributed by atoms with van der Waals surface area (Å²) in [4.78, 5) is 4.58. The summed E-state index contributed by atoms with van der Waals surface area (Å²) in [5.41, 5.74) is 1.20. The van der Waals surface area contributed by atoms with Gasteiger partial charge in [-0.05, 0) is 27.2 Å². The zero-order chi connectivity index (χ0) is 14.1. The van der Waals surface area contributed by atoms with Crippen molar-refractivity contribution < 1.29 is 4.74 Å². The maximum absolute atomic E-state index is 5.65. The van der Waals surface area contributed by atoms with Gasteiger partial charge in [-0.1, -0.05) is 26.2 Å². The Bertz CT molecular complexity index is 344. The Labute approximate surface area is 121 Å². The van der Waals surface area contributed by atoms with E-state index in [1.54, 1.807) is 11.3 Å². The van der Waals surface area contributed by atoms with Gasteiger partial charge in [0.15, 0.2) is 0 Å². The molecule has 0 saturated heterocycles. The van der Waals surface area contributed by atoms with E-state index < -0.39 is 0 Å². The molecule has 0 radical (unpaired) electrons. The van der Waals surface area contributed by atoms with Gasteiger partial charge < -0.3 is 10.1 Å². The molecule has 0 fully saturated rings. The van der Waals surface area contributed by atoms with E-state index in [0.717, 1.165) is 30.3 Å². The Morgan fingerprint density at radius 2 is 2.05 bits per heavy atom. The number of unbranched alkanes of at least 4 members (excludes halogenated alkanes) is 3. The minimum atomic E-state index is 0.140. The first-order chi connectivity index (χ1) is 9.01. The molecule has 0 bridgehead atoms. The van der Waals surface area contributed by atoms with Gasteiger partial charge in [0.2, 0.25) is 0 Å². The number of nitrogens with one attached hydrogen (secondary N) is 1. The molecule has 1 rings (SSSR count). The van der Waals surface area contributed by atoms with E-state index in [-0.39, 0.29) is 5.54 Å². The first-order valence-corrected chi connectivity index (χ1v) is 8.15. The van der Waals surface area contributed by atoms with Crippen LogP contribution < -0.4 is 5.32 Å². The third-order valence-corrected chi connectivity index (χ3v) is 3.66. The van der Waals surface area contributed by atoms with Crippen LogP contribution >= 0.6 is 11.3 Å². The highest BCUT2D eigenvalue weighted by atomic mass is 32.1. The van der Waals surface area contributed by atoms with Gasteiger partial charge in [-0.2, -0.15) is 0 Å². The highest BCUT2D eigenvalue weighted by Gasteiger charge is 2.10. The molecule has 0 saturated carbocycles. The highest BCUT2D eigenvalue weighted by molar-refractivity contribution is 7.09. The normalized spacial score (nSPS) is 12.0. The largest absolute Gasteiger partial charge is 0.375 e. The Morgan fingerprint density at radius 3 is 2.74 bits per heavy atom. The zero-order valence-electron chi connectivity index (χ0n) is 12.8. The fraction of sp³-hybridized carbons (Fsp3) is 0.800. The van der Waals surface area contributed by atoms with E-state index in [2.05, 4.69) is 43.4 Å². The van der Waals surface area contributed by atoms with Gasteiger partial charge in [0.1, 0.15) is 5.01 Å². The van der Waals surface area contributed by atoms with E-state index in [4.69, 9.17) is 4.74 Å². The summed E-state index contributed by atoms with van der Waals surface area (Å²) in [6, 6.07) is 0. The van der Waals surface area contributed by atoms with Crippen LogP contribution in [0.5, 0.6) is 0 Å². The second kappa shape index (κ2) is 8.67. The van der Waals surface area contributed by atoms with Gasteiger partial charge in [0.05, 0.1) is 12.3 Å². The third-order valence-electron chi connectivity index (χ3n) is 2.76. The average molecular weight is 284 g/mol. The average Bonchev–Trinajstić information content (AvgIpc) is 2.78. The quantitative estimate of drug-likeness (QED) is 0.692. The van der Waals surface area contributed by atoms with Crippen molar-refractivity contribution in [2.24, 2.45) is 0 Å². The van der Waals surface area contributed by atoms with Gasteiger partial charge in [-0.3, -0.25) is 0 Å². The molecule has 19 heavy (non-hydrogen) atoms. The van der Waals surface area contributed by atoms with Crippen molar-refractivity contribution in [3.8, 4) is 0 Å². The molecule has 4 heteroatoms. The lowest BCUT2D eigenvalue weighted by Crippen LogP contribution is -2.35. The van der Waals surface area contributed by atoms with Crippen LogP contribution in [0.25, 0.3) is 0 Å². The van der Waals surface area contributed by atoms with E-state index in [1.807, 2.05) is 0 Å². The molecule has 1 N–H and O–H groups in total. The highest BCUT2D eigenvalue weighted by Crippen LogP contribution is 2.12. The van der Waals surface area contributed by atoms with Crippen LogP contribution in [0, 0.1) is 0 Å². The van der Waals surface area contributed by atoms with Crippen molar-refractivity contribution in [3.05, 3.63) is 16.1 Å². The Hall–Kier alpha value is -0.450. The maximum atomic E-state index is 5.65. The molecular formula is C15H28N2OS. The van der Waals surface area contributed by atoms with Crippen molar-refractivity contribution in [2.45, 2.75) is 72.1 Å². The summed E-state index contributed by atoms with van der Waals surface area (Å²) in [5.74, 6) is 0. The number of thiazole rings is 1. The Morgan fingerprint density at radius 1 is 1.26 bits per heavy atom. The molecule has 3 nitrogen and oxygen atoms in total. The van der Waals surface area contributed by atoms with Gasteiger partial charge in [-0.25, -0.2) is 4.98 Å². The summed E-state index contributed by atoms with van der Waals surface area (Å²) in [6.45, 7) is 11.1. The van der Waals surface area contributed by atoms with E-state index in [1.165, 1.54) is 19.3 Å². The smallest absolute Gasteiger partial charge is 0.107 e. The first-order valence-electron chi connectivity index (χ1n) is 7.27. The van der Waals surface area contributed by atoms with Crippen LogP contribution in [0.4, 0.5) is 0 Å². The van der Waals surface area contributed by atoms with Crippen LogP contribution in [0.3, 0.4) is 0 Å². The lowest BCUT2D eigenvalue weighted by Gasteiger charge is -2.19. The second-order valence-corrected chi connectivity index (χ2v) is 6.89. The molecule has 1 heterocycles. The maximum Gasteiger partial charge on any atom is 0.107 e. The number of rotatable bonds is 9. The Kier molecular flexibility index (Phi) is 7.57. The molecular weight excluding hydrogens is 256 g/mol. The predicted octanol–water partition coefficient (Wildman–Crippen LogP) is 4.13. The minimum absolute atomic E-state index is 0.140. The van der Waals surface area contributed by atoms with Gasteiger partial charge in [0.25, 0.3) is 0 Å². The molecule has 0 aliphatic heterocycles. The summed E-state index contributed by atoms with van der Waals surface area (Å²) >= 11 is 1.71. The number of nitrogens with zero attached hydrogens (tertiary/aromatic N) is 1. The molecule has 0 spiro atoms. The van der Waals surface area contributed by atoms with Gasteiger partial charge in [-0.15, -0.1) is 11.3 Å². The minimum Gasteiger partial charge on any atom is -0.375 e. The SMILES string of the molecule is CCCCCCOCc1csc(CNC(C)(C)C)n1. The number of aromatic nitrogens is 1. The summed E-state index contributed by atoms with van der Waals surface area (Å²) in [5, 5.41) is 6.69. The fourth-order valence-electron chi connectivity index (χ4n) is 1.64. The zero-order valence-corrected chi connectivity index (χ0v) is 13.6. The van der Waals surface area contributed by atoms with Crippen molar-refractivity contribution in [3.63, 3.8) is 0 Å². The standard InChI is InChI=1S/C15H28N2OS/c1-5-6-7-8-9-18-11-13-12-19-14(17-13)10-16-15(2,3)4/h12,16H,5-11H2,1-4H3. The van der Waals surface area contributed by atoms with Gasteiger partial charge >= 0.3 is 0 Å². The second-order valence-electron chi connectivity index (χ2n) is 5.95. The monoisotopic (exact) mass is 284 g/mol. The van der Waals surface area contributed by atoms with E-state index in [0.29, 0.717) is 6.61 Å². The predicted molar refractivity (Wildman–Crippen MR) is 82.5 cm³/mol. The fourth-order valence-corrected chi connectivity index (χ4v) is 2.36. The molecule has 1 aromatic heterocycles. The van der Waals surface area contributed by atoms with Crippen molar-refractivity contribution >= 4 is 11.3 Å². The third kappa shape index (κ3) is 8.35. The summed E-state index contributed by atoms with van der Waals surface area (Å²) in [6.07, 6.45) is 5.02. The number of hydrogen-bond acceptors (Lipinski definition) is 4. The van der Waals surface area contributed by atoms with Crippen LogP contribution in [-0.4, -0.2) is 17.1 Å². The summed E-state index contributed by atoms with van der Waals surface area (Å²) < 4.78 is 5.65. The lowest BCUT2D eigenvalue weighted by atomic mass is 10.1. The Balaban J connectivity index is 2.16. The molecule has 1 aromatic rings. The number of hydrogen-bond donors (Lipinski definition) is 1. The van der Waals surface area contributed by atoms with E-state index >= 15 is 0 Å². The molecule has 0 amide bonds. The van der Waals surface area contributed by atoms with Crippen LogP contribution in [0.1, 0.15) is 64.1 Å². The van der Waals surface area contributed by atoms with Gasteiger partial charge in [0, 0.05) is 24.1 Å². The molecule has 110 valence electrons. The first kappa shape index (κ1) is 16.6. The molecule has 0 aliphatic carbocycles. The van der Waals surface area contributed by atoms with Crippen LogP contribution in [0.2, 0.25) is 0 Å². The summed E-state index contributed by atoms with van der Waals surface area (Å²) in [7, 11) is 0. The van der Waals surface area contributed by atoms with Crippen molar-refractivity contribution in [1.29, 1.82) is 0 Å². The molecule has 0 aliphatic rings. The molecule has 0 unspecified atom stereocenters. The van der Waals surface area contributed by atoms with E-state index in [9.17, 15) is 0 Å². The van der Waals surface area contributed by atoms with Crippen molar-refractivity contribution in [1.82, 2.24) is 10.3 Å².